The maximum atomic E-state index is 10.5. The van der Waals surface area contributed by atoms with E-state index in [-0.39, 0.29) is 5.78 Å². The van der Waals surface area contributed by atoms with Crippen molar-refractivity contribution >= 4 is 5.78 Å². The number of hydrogen-bond acceptors (Lipinski definition) is 1. The Bertz CT molecular complexity index is 112. The first kappa shape index (κ1) is 7.15. The van der Waals surface area contributed by atoms with Gasteiger partial charge in [-0.25, -0.2) is 0 Å². The summed E-state index contributed by atoms with van der Waals surface area (Å²) in [4.78, 5) is 10.5. The van der Waals surface area contributed by atoms with Gasteiger partial charge in [-0.1, -0.05) is 12.2 Å². The maximum Gasteiger partial charge on any atom is 0.159 e. The molecule has 0 saturated carbocycles. The Morgan fingerprint density at radius 2 is 2.38 bits per heavy atom. The topological polar surface area (TPSA) is 17.1 Å². The highest BCUT2D eigenvalue weighted by molar-refractivity contribution is 5.90. The molecular weight excluding hydrogens is 100 g/mol. The third kappa shape index (κ3) is 3.34. The standard InChI is InChI=1S/C7H10O/c1-3-5-7(8)6-4-2/h3-4,6H,1,5H2,2H3/b6-4-. The molecule has 0 unspecified atom stereocenters. The minimum Gasteiger partial charge on any atom is -0.295 e. The van der Waals surface area contributed by atoms with Crippen molar-refractivity contribution < 1.29 is 4.79 Å². The normalized spacial score (nSPS) is 9.62. The van der Waals surface area contributed by atoms with Crippen molar-refractivity contribution in [3.63, 3.8) is 0 Å². The lowest BCUT2D eigenvalue weighted by molar-refractivity contribution is -0.113. The molecule has 0 atom stereocenters. The maximum absolute atomic E-state index is 10.5. The first-order chi connectivity index (χ1) is 3.81. The molecule has 0 aromatic heterocycles. The Morgan fingerprint density at radius 1 is 1.75 bits per heavy atom. The second-order valence-corrected chi connectivity index (χ2v) is 1.46. The highest BCUT2D eigenvalue weighted by Crippen LogP contribution is 1.84. The summed E-state index contributed by atoms with van der Waals surface area (Å²) in [6.45, 7) is 5.25. The van der Waals surface area contributed by atoms with E-state index in [1.54, 1.807) is 18.2 Å². The molecule has 0 aliphatic carbocycles. The highest BCUT2D eigenvalue weighted by atomic mass is 16.1. The third-order valence-corrected chi connectivity index (χ3v) is 0.698. The summed E-state index contributed by atoms with van der Waals surface area (Å²) in [6, 6.07) is 0. The molecule has 1 nitrogen and oxygen atoms in total. The summed E-state index contributed by atoms with van der Waals surface area (Å²) in [6.07, 6.45) is 5.32. The monoisotopic (exact) mass is 110 g/mol. The smallest absolute Gasteiger partial charge is 0.159 e. The zero-order chi connectivity index (χ0) is 6.41. The van der Waals surface area contributed by atoms with Crippen LogP contribution in [-0.2, 0) is 4.79 Å². The Hall–Kier alpha value is -0.850. The van der Waals surface area contributed by atoms with Crippen molar-refractivity contribution in [3.05, 3.63) is 24.8 Å². The fraction of sp³-hybridized carbons (Fsp3) is 0.286. The van der Waals surface area contributed by atoms with Gasteiger partial charge in [-0.2, -0.15) is 0 Å². The van der Waals surface area contributed by atoms with Crippen LogP contribution >= 0.6 is 0 Å². The van der Waals surface area contributed by atoms with Gasteiger partial charge in [0.25, 0.3) is 0 Å². The second kappa shape index (κ2) is 4.31. The Labute approximate surface area is 49.7 Å². The molecule has 0 spiro atoms. The van der Waals surface area contributed by atoms with E-state index < -0.39 is 0 Å². The molecule has 0 saturated heterocycles. The number of carbonyl (C=O) groups excluding carboxylic acids is 1. The van der Waals surface area contributed by atoms with Crippen LogP contribution in [0.3, 0.4) is 0 Å². The molecule has 0 N–H and O–H groups in total. The van der Waals surface area contributed by atoms with E-state index >= 15 is 0 Å². The molecular formula is C7H10O. The van der Waals surface area contributed by atoms with Crippen molar-refractivity contribution in [2.45, 2.75) is 13.3 Å². The lowest BCUT2D eigenvalue weighted by Gasteiger charge is -1.80. The van der Waals surface area contributed by atoms with Crippen molar-refractivity contribution in [2.75, 3.05) is 0 Å². The van der Waals surface area contributed by atoms with Gasteiger partial charge in [-0.05, 0) is 13.0 Å². The molecule has 0 radical (unpaired) electrons. The minimum absolute atomic E-state index is 0.113. The van der Waals surface area contributed by atoms with Crippen LogP contribution in [0.25, 0.3) is 0 Å². The number of rotatable bonds is 3. The summed E-state index contributed by atoms with van der Waals surface area (Å²) in [5.41, 5.74) is 0. The van der Waals surface area contributed by atoms with E-state index in [0.717, 1.165) is 0 Å². The first-order valence-electron chi connectivity index (χ1n) is 2.57. The van der Waals surface area contributed by atoms with Crippen LogP contribution in [0.15, 0.2) is 24.8 Å². The molecule has 0 rings (SSSR count). The SMILES string of the molecule is C=CCC(=O)/C=C\C. The van der Waals surface area contributed by atoms with E-state index in [1.165, 1.54) is 0 Å². The molecule has 1 heteroatoms. The van der Waals surface area contributed by atoms with Crippen molar-refractivity contribution in [3.8, 4) is 0 Å². The lowest BCUT2D eigenvalue weighted by atomic mass is 10.3. The van der Waals surface area contributed by atoms with Gasteiger partial charge in [0.2, 0.25) is 0 Å². The van der Waals surface area contributed by atoms with Crippen LogP contribution in [0.5, 0.6) is 0 Å². The van der Waals surface area contributed by atoms with E-state index in [2.05, 4.69) is 6.58 Å². The van der Waals surface area contributed by atoms with Gasteiger partial charge < -0.3 is 0 Å². The molecule has 0 aliphatic heterocycles. The molecule has 0 aliphatic rings. The average molecular weight is 110 g/mol. The van der Waals surface area contributed by atoms with Gasteiger partial charge in [0.05, 0.1) is 0 Å². The molecule has 0 aromatic rings. The van der Waals surface area contributed by atoms with Gasteiger partial charge in [0, 0.05) is 6.42 Å². The van der Waals surface area contributed by atoms with Crippen LogP contribution in [0.1, 0.15) is 13.3 Å². The molecule has 0 aromatic carbocycles. The molecule has 0 amide bonds. The first-order valence-corrected chi connectivity index (χ1v) is 2.57. The van der Waals surface area contributed by atoms with Crippen LogP contribution in [0.2, 0.25) is 0 Å². The van der Waals surface area contributed by atoms with Crippen molar-refractivity contribution in [1.82, 2.24) is 0 Å². The van der Waals surface area contributed by atoms with Gasteiger partial charge in [-0.15, -0.1) is 6.58 Å². The molecule has 8 heavy (non-hydrogen) atoms. The molecule has 0 fully saturated rings. The van der Waals surface area contributed by atoms with Gasteiger partial charge in [0.15, 0.2) is 5.78 Å². The predicted molar refractivity (Wildman–Crippen MR) is 34.6 cm³/mol. The summed E-state index contributed by atoms with van der Waals surface area (Å²) in [7, 11) is 0. The van der Waals surface area contributed by atoms with Gasteiger partial charge >= 0.3 is 0 Å². The van der Waals surface area contributed by atoms with E-state index in [4.69, 9.17) is 0 Å². The van der Waals surface area contributed by atoms with Crippen LogP contribution in [-0.4, -0.2) is 5.78 Å². The third-order valence-electron chi connectivity index (χ3n) is 0.698. The number of allylic oxidation sites excluding steroid dienone is 3. The lowest BCUT2D eigenvalue weighted by Crippen LogP contribution is -1.86. The average Bonchev–Trinajstić information content (AvgIpc) is 1.68. The highest BCUT2D eigenvalue weighted by Gasteiger charge is 1.86. The summed E-state index contributed by atoms with van der Waals surface area (Å²) in [5.74, 6) is 0.113. The Morgan fingerprint density at radius 3 is 2.75 bits per heavy atom. The number of ketones is 1. The van der Waals surface area contributed by atoms with Gasteiger partial charge in [-0.3, -0.25) is 4.79 Å². The summed E-state index contributed by atoms with van der Waals surface area (Å²) < 4.78 is 0. The largest absolute Gasteiger partial charge is 0.295 e. The fourth-order valence-corrected chi connectivity index (χ4v) is 0.396. The van der Waals surface area contributed by atoms with Gasteiger partial charge in [0.1, 0.15) is 0 Å². The van der Waals surface area contributed by atoms with E-state index in [1.807, 2.05) is 6.92 Å². The minimum atomic E-state index is 0.113. The predicted octanol–water partition coefficient (Wildman–Crippen LogP) is 1.71. The van der Waals surface area contributed by atoms with Crippen LogP contribution in [0, 0.1) is 0 Å². The molecule has 0 bridgehead atoms. The van der Waals surface area contributed by atoms with Crippen LogP contribution in [0.4, 0.5) is 0 Å². The number of carbonyl (C=O) groups is 1. The second-order valence-electron chi connectivity index (χ2n) is 1.46. The molecule has 0 heterocycles. The summed E-state index contributed by atoms with van der Waals surface area (Å²) in [5, 5.41) is 0. The van der Waals surface area contributed by atoms with Crippen molar-refractivity contribution in [1.29, 1.82) is 0 Å². The van der Waals surface area contributed by atoms with Crippen molar-refractivity contribution in [2.24, 2.45) is 0 Å². The zero-order valence-electron chi connectivity index (χ0n) is 5.05. The van der Waals surface area contributed by atoms with Crippen LogP contribution < -0.4 is 0 Å². The Kier molecular flexibility index (Phi) is 3.85. The summed E-state index contributed by atoms with van der Waals surface area (Å²) >= 11 is 0. The number of hydrogen-bond donors (Lipinski definition) is 0. The van der Waals surface area contributed by atoms with E-state index in [9.17, 15) is 4.79 Å². The Balaban J connectivity index is 3.48. The fourth-order valence-electron chi connectivity index (χ4n) is 0.396. The quantitative estimate of drug-likeness (QED) is 0.399. The van der Waals surface area contributed by atoms with E-state index in [0.29, 0.717) is 6.42 Å². The zero-order valence-corrected chi connectivity index (χ0v) is 5.05. The molecule has 44 valence electrons.